The van der Waals surface area contributed by atoms with Crippen LogP contribution in [-0.2, 0) is 14.8 Å². The Hall–Kier alpha value is -1.12. The molecule has 0 spiro atoms. The molecule has 1 saturated heterocycles. The summed E-state index contributed by atoms with van der Waals surface area (Å²) in [5, 5.41) is 0. The average Bonchev–Trinajstić information content (AvgIpc) is 2.71. The number of hydrogen-bond acceptors (Lipinski definition) is 4. The zero-order valence-electron chi connectivity index (χ0n) is 15.1. The molecule has 8 heteroatoms. The number of aryl methyl sites for hydroxylation is 1. The Kier molecular flexibility index (Phi) is 6.17. The van der Waals surface area contributed by atoms with Gasteiger partial charge in [-0.1, -0.05) is 15.9 Å². The van der Waals surface area contributed by atoms with Gasteiger partial charge in [-0.2, -0.15) is 4.31 Å². The van der Waals surface area contributed by atoms with Gasteiger partial charge in [0.25, 0.3) is 0 Å². The zero-order chi connectivity index (χ0) is 18.8. The van der Waals surface area contributed by atoms with Gasteiger partial charge in [0.1, 0.15) is 5.60 Å². The van der Waals surface area contributed by atoms with E-state index in [0.29, 0.717) is 36.5 Å². The summed E-state index contributed by atoms with van der Waals surface area (Å²) in [6.45, 7) is 8.68. The van der Waals surface area contributed by atoms with Crippen molar-refractivity contribution in [2.24, 2.45) is 0 Å². The first kappa shape index (κ1) is 20.2. The maximum atomic E-state index is 13.0. The monoisotopic (exact) mass is 432 g/mol. The van der Waals surface area contributed by atoms with Gasteiger partial charge in [0.2, 0.25) is 10.0 Å². The Bertz CT molecular complexity index is 744. The van der Waals surface area contributed by atoms with Crippen LogP contribution in [0.25, 0.3) is 0 Å². The predicted molar refractivity (Wildman–Crippen MR) is 100 cm³/mol. The van der Waals surface area contributed by atoms with Gasteiger partial charge < -0.3 is 9.64 Å². The van der Waals surface area contributed by atoms with Gasteiger partial charge in [-0.15, -0.1) is 0 Å². The minimum Gasteiger partial charge on any atom is -0.444 e. The molecule has 1 aliphatic heterocycles. The van der Waals surface area contributed by atoms with Crippen molar-refractivity contribution >= 4 is 32.0 Å². The molecule has 1 amide bonds. The van der Waals surface area contributed by atoms with Crippen LogP contribution in [0.15, 0.2) is 27.6 Å². The number of carbonyl (C=O) groups is 1. The molecular weight excluding hydrogens is 408 g/mol. The summed E-state index contributed by atoms with van der Waals surface area (Å²) in [7, 11) is -3.58. The number of nitrogens with zero attached hydrogens (tertiary/aromatic N) is 2. The van der Waals surface area contributed by atoms with Crippen LogP contribution in [0.3, 0.4) is 0 Å². The van der Waals surface area contributed by atoms with Gasteiger partial charge in [-0.3, -0.25) is 0 Å². The highest BCUT2D eigenvalue weighted by Gasteiger charge is 2.30. The summed E-state index contributed by atoms with van der Waals surface area (Å²) in [6.07, 6.45) is 0.181. The normalized spacial score (nSPS) is 17.2. The molecule has 1 aromatic rings. The SMILES string of the molecule is Cc1cc(Br)ccc1S(=O)(=O)N1CCCN(C(=O)OC(C)(C)C)CC1. The minimum absolute atomic E-state index is 0.261. The van der Waals surface area contributed by atoms with E-state index >= 15 is 0 Å². The predicted octanol–water partition coefficient (Wildman–Crippen LogP) is 3.39. The molecule has 140 valence electrons. The topological polar surface area (TPSA) is 66.9 Å². The number of sulfonamides is 1. The van der Waals surface area contributed by atoms with Crippen LogP contribution in [0, 0.1) is 6.92 Å². The Morgan fingerprint density at radius 1 is 1.16 bits per heavy atom. The van der Waals surface area contributed by atoms with Crippen LogP contribution in [-0.4, -0.2) is 55.5 Å². The summed E-state index contributed by atoms with van der Waals surface area (Å²) in [5.74, 6) is 0. The third kappa shape index (κ3) is 5.18. The number of halogens is 1. The Labute approximate surface area is 158 Å². The molecule has 0 atom stereocenters. The van der Waals surface area contributed by atoms with E-state index in [4.69, 9.17) is 4.74 Å². The Balaban J connectivity index is 2.13. The number of amides is 1. The van der Waals surface area contributed by atoms with Crippen molar-refractivity contribution in [3.05, 3.63) is 28.2 Å². The van der Waals surface area contributed by atoms with E-state index in [-0.39, 0.29) is 6.54 Å². The number of ether oxygens (including phenoxy) is 1. The first-order chi connectivity index (χ1) is 11.5. The van der Waals surface area contributed by atoms with Crippen molar-refractivity contribution in [1.82, 2.24) is 9.21 Å². The minimum atomic E-state index is -3.58. The summed E-state index contributed by atoms with van der Waals surface area (Å²) < 4.78 is 33.6. The molecule has 2 rings (SSSR count). The molecule has 6 nitrogen and oxygen atoms in total. The smallest absolute Gasteiger partial charge is 0.410 e. The molecule has 0 aliphatic carbocycles. The lowest BCUT2D eigenvalue weighted by Gasteiger charge is -2.26. The highest BCUT2D eigenvalue weighted by atomic mass is 79.9. The molecule has 0 unspecified atom stereocenters. The number of hydrogen-bond donors (Lipinski definition) is 0. The second-order valence-electron chi connectivity index (χ2n) is 7.13. The highest BCUT2D eigenvalue weighted by molar-refractivity contribution is 9.10. The summed E-state index contributed by atoms with van der Waals surface area (Å²) in [5.41, 5.74) is 0.131. The second kappa shape index (κ2) is 7.63. The quantitative estimate of drug-likeness (QED) is 0.717. The lowest BCUT2D eigenvalue weighted by atomic mass is 10.2. The molecule has 1 aliphatic rings. The lowest BCUT2D eigenvalue weighted by molar-refractivity contribution is 0.0260. The van der Waals surface area contributed by atoms with Crippen molar-refractivity contribution in [2.45, 2.75) is 44.6 Å². The van der Waals surface area contributed by atoms with Gasteiger partial charge in [0, 0.05) is 30.7 Å². The van der Waals surface area contributed by atoms with Crippen LogP contribution in [0.1, 0.15) is 32.8 Å². The molecule has 0 saturated carbocycles. The van der Waals surface area contributed by atoms with Crippen molar-refractivity contribution in [3.63, 3.8) is 0 Å². The van der Waals surface area contributed by atoms with Crippen LogP contribution in [0.5, 0.6) is 0 Å². The lowest BCUT2D eigenvalue weighted by Crippen LogP contribution is -2.40. The first-order valence-electron chi connectivity index (χ1n) is 8.25. The summed E-state index contributed by atoms with van der Waals surface area (Å²) in [4.78, 5) is 14.1. The maximum absolute atomic E-state index is 13.0. The molecule has 1 fully saturated rings. The van der Waals surface area contributed by atoms with E-state index in [1.54, 1.807) is 30.0 Å². The summed E-state index contributed by atoms with van der Waals surface area (Å²) in [6, 6.07) is 5.13. The zero-order valence-corrected chi connectivity index (χ0v) is 17.5. The van der Waals surface area contributed by atoms with E-state index in [0.717, 1.165) is 4.47 Å². The van der Waals surface area contributed by atoms with E-state index in [1.165, 1.54) is 4.31 Å². The van der Waals surface area contributed by atoms with Crippen LogP contribution >= 0.6 is 15.9 Å². The van der Waals surface area contributed by atoms with Crippen LogP contribution in [0.2, 0.25) is 0 Å². The second-order valence-corrected chi connectivity index (χ2v) is 9.96. The maximum Gasteiger partial charge on any atom is 0.410 e. The molecule has 0 bridgehead atoms. The van der Waals surface area contributed by atoms with E-state index in [1.807, 2.05) is 20.8 Å². The van der Waals surface area contributed by atoms with Crippen molar-refractivity contribution in [2.75, 3.05) is 26.2 Å². The standard InChI is InChI=1S/C17H25BrN2O4S/c1-13-12-14(18)6-7-15(13)25(22,23)20-9-5-8-19(10-11-20)16(21)24-17(2,3)4/h6-7,12H,5,8-11H2,1-4H3. The molecule has 0 aromatic heterocycles. The van der Waals surface area contributed by atoms with Gasteiger partial charge in [0.15, 0.2) is 0 Å². The first-order valence-corrected chi connectivity index (χ1v) is 10.5. The largest absolute Gasteiger partial charge is 0.444 e. The average molecular weight is 433 g/mol. The molecule has 1 heterocycles. The van der Waals surface area contributed by atoms with Crippen LogP contribution in [0.4, 0.5) is 4.79 Å². The van der Waals surface area contributed by atoms with Crippen molar-refractivity contribution in [1.29, 1.82) is 0 Å². The van der Waals surface area contributed by atoms with Crippen molar-refractivity contribution in [3.8, 4) is 0 Å². The fourth-order valence-corrected chi connectivity index (χ4v) is 4.84. The third-order valence-corrected chi connectivity index (χ3v) is 6.41. The fourth-order valence-electron chi connectivity index (χ4n) is 2.68. The molecule has 1 aromatic carbocycles. The molecule has 0 N–H and O–H groups in total. The molecule has 0 radical (unpaired) electrons. The van der Waals surface area contributed by atoms with Gasteiger partial charge in [0.05, 0.1) is 4.90 Å². The van der Waals surface area contributed by atoms with Gasteiger partial charge in [-0.25, -0.2) is 13.2 Å². The molecule has 25 heavy (non-hydrogen) atoms. The number of carbonyl (C=O) groups excluding carboxylic acids is 1. The number of benzene rings is 1. The van der Waals surface area contributed by atoms with Gasteiger partial charge >= 0.3 is 6.09 Å². The third-order valence-electron chi connectivity index (χ3n) is 3.86. The highest BCUT2D eigenvalue weighted by Crippen LogP contribution is 2.24. The number of rotatable bonds is 2. The van der Waals surface area contributed by atoms with E-state index in [9.17, 15) is 13.2 Å². The van der Waals surface area contributed by atoms with E-state index in [2.05, 4.69) is 15.9 Å². The van der Waals surface area contributed by atoms with Crippen LogP contribution < -0.4 is 0 Å². The molecular formula is C17H25BrN2O4S. The van der Waals surface area contributed by atoms with Crippen molar-refractivity contribution < 1.29 is 17.9 Å². The fraction of sp³-hybridized carbons (Fsp3) is 0.588. The Morgan fingerprint density at radius 2 is 1.84 bits per heavy atom. The van der Waals surface area contributed by atoms with Gasteiger partial charge in [-0.05, 0) is 57.9 Å². The Morgan fingerprint density at radius 3 is 2.44 bits per heavy atom. The summed E-state index contributed by atoms with van der Waals surface area (Å²) >= 11 is 3.35. The van der Waals surface area contributed by atoms with E-state index < -0.39 is 21.7 Å².